The fraction of sp³-hybridized carbons (Fsp3) is 0.417. The molecular formula is C24H29N3O2. The van der Waals surface area contributed by atoms with Crippen molar-refractivity contribution in [1.29, 1.82) is 0 Å². The molecule has 0 atom stereocenters. The lowest BCUT2D eigenvalue weighted by molar-refractivity contribution is 0.0628. The monoisotopic (exact) mass is 391 g/mol. The van der Waals surface area contributed by atoms with Crippen LogP contribution in [0, 0.1) is 0 Å². The predicted octanol–water partition coefficient (Wildman–Crippen LogP) is 3.27. The van der Waals surface area contributed by atoms with E-state index in [9.17, 15) is 9.59 Å². The van der Waals surface area contributed by atoms with E-state index in [0.29, 0.717) is 11.1 Å². The van der Waals surface area contributed by atoms with Gasteiger partial charge in [0.05, 0.1) is 0 Å². The number of likely N-dealkylation sites (tertiary alicyclic amines) is 1. The van der Waals surface area contributed by atoms with Gasteiger partial charge in [0, 0.05) is 56.9 Å². The standard InChI is InChI=1S/C24H29N3O2/c28-23(26-12-5-2-6-13-26)21-10-7-11-22(18-21)24(29)27-16-14-25(15-17-27)19-20-8-3-1-4-9-20/h1,3-4,7-11,18H,2,5-6,12-17,19H2. The SMILES string of the molecule is O=C(c1cccc(C(=O)N2CCN(Cc3ccccc3)CC2)c1)N1CCCCC1. The molecule has 2 saturated heterocycles. The number of piperidine rings is 1. The van der Waals surface area contributed by atoms with E-state index in [-0.39, 0.29) is 11.8 Å². The van der Waals surface area contributed by atoms with Crippen LogP contribution in [0.4, 0.5) is 0 Å². The summed E-state index contributed by atoms with van der Waals surface area (Å²) in [5.41, 5.74) is 2.54. The average molecular weight is 392 g/mol. The van der Waals surface area contributed by atoms with E-state index in [1.807, 2.05) is 34.1 Å². The van der Waals surface area contributed by atoms with E-state index in [1.165, 1.54) is 12.0 Å². The van der Waals surface area contributed by atoms with Crippen LogP contribution in [0.5, 0.6) is 0 Å². The molecular weight excluding hydrogens is 362 g/mol. The highest BCUT2D eigenvalue weighted by Gasteiger charge is 2.24. The van der Waals surface area contributed by atoms with Crippen molar-refractivity contribution in [1.82, 2.24) is 14.7 Å². The maximum atomic E-state index is 13.0. The Morgan fingerprint density at radius 1 is 0.655 bits per heavy atom. The van der Waals surface area contributed by atoms with Gasteiger partial charge >= 0.3 is 0 Å². The zero-order valence-corrected chi connectivity index (χ0v) is 16.9. The van der Waals surface area contributed by atoms with E-state index >= 15 is 0 Å². The molecule has 4 rings (SSSR count). The largest absolute Gasteiger partial charge is 0.339 e. The highest BCUT2D eigenvalue weighted by molar-refractivity contribution is 5.99. The summed E-state index contributed by atoms with van der Waals surface area (Å²) < 4.78 is 0. The first-order chi connectivity index (χ1) is 14.2. The second-order valence-corrected chi connectivity index (χ2v) is 7.99. The van der Waals surface area contributed by atoms with Gasteiger partial charge in [-0.05, 0) is 43.0 Å². The van der Waals surface area contributed by atoms with Gasteiger partial charge in [0.25, 0.3) is 11.8 Å². The molecule has 2 aliphatic heterocycles. The van der Waals surface area contributed by atoms with Crippen LogP contribution in [0.25, 0.3) is 0 Å². The molecule has 0 aromatic heterocycles. The molecule has 2 aromatic carbocycles. The first-order valence-electron chi connectivity index (χ1n) is 10.7. The van der Waals surface area contributed by atoms with E-state index in [4.69, 9.17) is 0 Å². The molecule has 5 heteroatoms. The molecule has 152 valence electrons. The Balaban J connectivity index is 1.35. The van der Waals surface area contributed by atoms with Gasteiger partial charge < -0.3 is 9.80 Å². The topological polar surface area (TPSA) is 43.9 Å². The first kappa shape index (κ1) is 19.6. The van der Waals surface area contributed by atoms with Crippen LogP contribution in [-0.2, 0) is 6.54 Å². The molecule has 0 radical (unpaired) electrons. The van der Waals surface area contributed by atoms with Crippen molar-refractivity contribution in [2.45, 2.75) is 25.8 Å². The van der Waals surface area contributed by atoms with E-state index in [2.05, 4.69) is 29.2 Å². The lowest BCUT2D eigenvalue weighted by Gasteiger charge is -2.35. The smallest absolute Gasteiger partial charge is 0.253 e. The number of hydrogen-bond acceptors (Lipinski definition) is 3. The van der Waals surface area contributed by atoms with Crippen molar-refractivity contribution in [2.24, 2.45) is 0 Å². The van der Waals surface area contributed by atoms with Crippen molar-refractivity contribution in [3.8, 4) is 0 Å². The highest BCUT2D eigenvalue weighted by Crippen LogP contribution is 2.16. The molecule has 0 unspecified atom stereocenters. The number of piperazine rings is 1. The van der Waals surface area contributed by atoms with Gasteiger partial charge in [-0.2, -0.15) is 0 Å². The summed E-state index contributed by atoms with van der Waals surface area (Å²) in [6.07, 6.45) is 3.33. The normalized spacial score (nSPS) is 17.9. The third-order valence-electron chi connectivity index (χ3n) is 5.91. The number of hydrogen-bond donors (Lipinski definition) is 0. The number of rotatable bonds is 4. The predicted molar refractivity (Wildman–Crippen MR) is 114 cm³/mol. The van der Waals surface area contributed by atoms with Gasteiger partial charge in [-0.25, -0.2) is 0 Å². The Kier molecular flexibility index (Phi) is 6.25. The Hall–Kier alpha value is -2.66. The van der Waals surface area contributed by atoms with Gasteiger partial charge in [-0.1, -0.05) is 36.4 Å². The first-order valence-corrected chi connectivity index (χ1v) is 10.7. The van der Waals surface area contributed by atoms with Crippen LogP contribution in [0.2, 0.25) is 0 Å². The molecule has 0 spiro atoms. The van der Waals surface area contributed by atoms with Crippen LogP contribution < -0.4 is 0 Å². The van der Waals surface area contributed by atoms with Crippen LogP contribution in [0.3, 0.4) is 0 Å². The molecule has 2 fully saturated rings. The summed E-state index contributed by atoms with van der Waals surface area (Å²) >= 11 is 0. The van der Waals surface area contributed by atoms with Crippen molar-refractivity contribution in [3.63, 3.8) is 0 Å². The average Bonchev–Trinajstić information content (AvgIpc) is 2.80. The molecule has 29 heavy (non-hydrogen) atoms. The van der Waals surface area contributed by atoms with Gasteiger partial charge in [0.2, 0.25) is 0 Å². The Labute approximate surface area is 172 Å². The fourth-order valence-electron chi connectivity index (χ4n) is 4.20. The minimum Gasteiger partial charge on any atom is -0.339 e. The van der Waals surface area contributed by atoms with Gasteiger partial charge in [-0.15, -0.1) is 0 Å². The summed E-state index contributed by atoms with van der Waals surface area (Å²) in [4.78, 5) is 32.0. The third kappa shape index (κ3) is 4.85. The van der Waals surface area contributed by atoms with Crippen LogP contribution in [0.15, 0.2) is 54.6 Å². The maximum absolute atomic E-state index is 13.0. The highest BCUT2D eigenvalue weighted by atomic mass is 16.2. The second kappa shape index (κ2) is 9.23. The molecule has 5 nitrogen and oxygen atoms in total. The number of carbonyl (C=O) groups is 2. The van der Waals surface area contributed by atoms with Crippen LogP contribution in [-0.4, -0.2) is 65.8 Å². The van der Waals surface area contributed by atoms with Gasteiger partial charge in [-0.3, -0.25) is 14.5 Å². The Bertz CT molecular complexity index is 838. The number of carbonyl (C=O) groups excluding carboxylic acids is 2. The Morgan fingerprint density at radius 3 is 1.86 bits per heavy atom. The molecule has 0 saturated carbocycles. The number of amides is 2. The minimum absolute atomic E-state index is 0.0256. The molecule has 0 bridgehead atoms. The zero-order chi connectivity index (χ0) is 20.1. The number of nitrogens with zero attached hydrogens (tertiary/aromatic N) is 3. The van der Waals surface area contributed by atoms with E-state index < -0.39 is 0 Å². The van der Waals surface area contributed by atoms with Gasteiger partial charge in [0.1, 0.15) is 0 Å². The van der Waals surface area contributed by atoms with Gasteiger partial charge in [0.15, 0.2) is 0 Å². The molecule has 0 aliphatic carbocycles. The quantitative estimate of drug-likeness (QED) is 0.804. The number of benzene rings is 2. The van der Waals surface area contributed by atoms with E-state index in [1.54, 1.807) is 6.07 Å². The summed E-state index contributed by atoms with van der Waals surface area (Å²) in [5, 5.41) is 0. The zero-order valence-electron chi connectivity index (χ0n) is 16.9. The molecule has 0 N–H and O–H groups in total. The molecule has 2 aliphatic rings. The van der Waals surface area contributed by atoms with Crippen molar-refractivity contribution >= 4 is 11.8 Å². The lowest BCUT2D eigenvalue weighted by Crippen LogP contribution is -2.48. The van der Waals surface area contributed by atoms with Crippen LogP contribution in [0.1, 0.15) is 45.5 Å². The van der Waals surface area contributed by atoms with E-state index in [0.717, 1.165) is 58.7 Å². The minimum atomic E-state index is 0.0256. The van der Waals surface area contributed by atoms with Crippen molar-refractivity contribution in [2.75, 3.05) is 39.3 Å². The maximum Gasteiger partial charge on any atom is 0.253 e. The lowest BCUT2D eigenvalue weighted by atomic mass is 10.1. The van der Waals surface area contributed by atoms with Crippen molar-refractivity contribution in [3.05, 3.63) is 71.3 Å². The Morgan fingerprint density at radius 2 is 1.24 bits per heavy atom. The fourth-order valence-corrected chi connectivity index (χ4v) is 4.20. The summed E-state index contributed by atoms with van der Waals surface area (Å²) in [6.45, 7) is 5.73. The third-order valence-corrected chi connectivity index (χ3v) is 5.91. The summed E-state index contributed by atoms with van der Waals surface area (Å²) in [6, 6.07) is 17.7. The summed E-state index contributed by atoms with van der Waals surface area (Å²) in [5.74, 6) is 0.0738. The molecule has 2 heterocycles. The van der Waals surface area contributed by atoms with Crippen molar-refractivity contribution < 1.29 is 9.59 Å². The molecule has 2 amide bonds. The molecule has 2 aromatic rings. The second-order valence-electron chi connectivity index (χ2n) is 7.99. The van der Waals surface area contributed by atoms with Crippen LogP contribution >= 0.6 is 0 Å². The summed E-state index contributed by atoms with van der Waals surface area (Å²) in [7, 11) is 0.